The predicted molar refractivity (Wildman–Crippen MR) is 79.5 cm³/mol. The number of hydrogen-bond acceptors (Lipinski definition) is 3. The molecule has 1 aromatic heterocycles. The van der Waals surface area contributed by atoms with E-state index in [0.717, 1.165) is 17.8 Å². The number of amides is 1. The maximum atomic E-state index is 13.4. The lowest BCUT2D eigenvalue weighted by Gasteiger charge is -2.34. The van der Waals surface area contributed by atoms with Gasteiger partial charge in [-0.15, -0.1) is 0 Å². The van der Waals surface area contributed by atoms with Gasteiger partial charge in [0.1, 0.15) is 5.82 Å². The Balaban J connectivity index is 1.60. The van der Waals surface area contributed by atoms with E-state index in [-0.39, 0.29) is 11.6 Å². The monoisotopic (exact) mass is 304 g/mol. The Morgan fingerprint density at radius 2 is 1.91 bits per heavy atom. The lowest BCUT2D eigenvalue weighted by Crippen LogP contribution is -2.50. The smallest absolute Gasteiger partial charge is 0.320 e. The van der Waals surface area contributed by atoms with Gasteiger partial charge in [-0.3, -0.25) is 14.8 Å². The summed E-state index contributed by atoms with van der Waals surface area (Å²) in [7, 11) is 0. The molecule has 1 aliphatic heterocycles. The largest absolute Gasteiger partial charge is 0.343 e. The van der Waals surface area contributed by atoms with Gasteiger partial charge in [-0.2, -0.15) is 0 Å². The minimum atomic E-state index is -0.466. The number of aromatic nitrogens is 2. The SMILES string of the molecule is O=C(N1CCN(C2CC2)CC1)n1[nH]c(=O)c2ccc(F)cc21. The van der Waals surface area contributed by atoms with Crippen LogP contribution in [-0.4, -0.2) is 57.8 Å². The Hall–Kier alpha value is -2.15. The standard InChI is InChI=1S/C15H17FN4O2/c16-10-1-4-12-13(9-10)20(17-14(12)21)15(22)19-7-5-18(6-8-19)11-2-3-11/h1,4,9,11H,2-3,5-8H2,(H,17,21). The van der Waals surface area contributed by atoms with Crippen LogP contribution in [0.4, 0.5) is 9.18 Å². The molecule has 22 heavy (non-hydrogen) atoms. The normalized spacial score (nSPS) is 19.8. The quantitative estimate of drug-likeness (QED) is 0.861. The second kappa shape index (κ2) is 4.95. The van der Waals surface area contributed by atoms with Crippen LogP contribution in [0.2, 0.25) is 0 Å². The van der Waals surface area contributed by atoms with Crippen LogP contribution >= 0.6 is 0 Å². The van der Waals surface area contributed by atoms with Crippen molar-refractivity contribution in [2.75, 3.05) is 26.2 Å². The number of H-pyrrole nitrogens is 1. The topological polar surface area (TPSA) is 61.3 Å². The van der Waals surface area contributed by atoms with Crippen LogP contribution in [0.1, 0.15) is 12.8 Å². The second-order valence-corrected chi connectivity index (χ2v) is 5.97. The van der Waals surface area contributed by atoms with Crippen molar-refractivity contribution >= 4 is 16.9 Å². The van der Waals surface area contributed by atoms with Crippen molar-refractivity contribution in [2.45, 2.75) is 18.9 Å². The van der Waals surface area contributed by atoms with Crippen molar-refractivity contribution in [1.82, 2.24) is 19.6 Å². The van der Waals surface area contributed by atoms with E-state index in [1.807, 2.05) is 0 Å². The highest BCUT2D eigenvalue weighted by Crippen LogP contribution is 2.27. The van der Waals surface area contributed by atoms with E-state index >= 15 is 0 Å². The Morgan fingerprint density at radius 3 is 2.59 bits per heavy atom. The summed E-state index contributed by atoms with van der Waals surface area (Å²) >= 11 is 0. The highest BCUT2D eigenvalue weighted by Gasteiger charge is 2.32. The Morgan fingerprint density at radius 1 is 1.18 bits per heavy atom. The summed E-state index contributed by atoms with van der Waals surface area (Å²) in [6.45, 7) is 2.97. The molecule has 1 aliphatic carbocycles. The molecule has 1 saturated heterocycles. The zero-order chi connectivity index (χ0) is 15.3. The predicted octanol–water partition coefficient (Wildman–Crippen LogP) is 1.22. The molecule has 0 radical (unpaired) electrons. The molecule has 116 valence electrons. The van der Waals surface area contributed by atoms with Crippen molar-refractivity contribution in [3.05, 3.63) is 34.4 Å². The summed E-state index contributed by atoms with van der Waals surface area (Å²) in [5.41, 5.74) is -0.0837. The molecule has 1 amide bonds. The molecular weight excluding hydrogens is 287 g/mol. The number of benzene rings is 1. The first-order chi connectivity index (χ1) is 10.6. The van der Waals surface area contributed by atoms with Crippen molar-refractivity contribution in [3.8, 4) is 0 Å². The van der Waals surface area contributed by atoms with E-state index in [2.05, 4.69) is 10.00 Å². The number of halogens is 1. The number of hydrogen-bond donors (Lipinski definition) is 1. The van der Waals surface area contributed by atoms with E-state index in [9.17, 15) is 14.0 Å². The molecule has 2 aromatic rings. The Bertz CT molecular complexity index is 784. The van der Waals surface area contributed by atoms with Gasteiger partial charge in [0.25, 0.3) is 5.56 Å². The number of carbonyl (C=O) groups excluding carboxylic acids is 1. The number of piperazine rings is 1. The van der Waals surface area contributed by atoms with E-state index in [4.69, 9.17) is 0 Å². The lowest BCUT2D eigenvalue weighted by molar-refractivity contribution is 0.134. The lowest BCUT2D eigenvalue weighted by atomic mass is 10.2. The van der Waals surface area contributed by atoms with Crippen molar-refractivity contribution < 1.29 is 9.18 Å². The number of nitrogens with zero attached hydrogens (tertiary/aromatic N) is 3. The average molecular weight is 304 g/mol. The third kappa shape index (κ3) is 2.21. The van der Waals surface area contributed by atoms with Gasteiger partial charge >= 0.3 is 6.03 Å². The minimum absolute atomic E-state index is 0.291. The van der Waals surface area contributed by atoms with Crippen LogP contribution in [0.3, 0.4) is 0 Å². The van der Waals surface area contributed by atoms with Crippen LogP contribution < -0.4 is 5.56 Å². The van der Waals surface area contributed by atoms with Crippen molar-refractivity contribution in [1.29, 1.82) is 0 Å². The van der Waals surface area contributed by atoms with Crippen LogP contribution in [-0.2, 0) is 0 Å². The molecular formula is C15H17FN4O2. The molecule has 0 unspecified atom stereocenters. The fourth-order valence-electron chi connectivity index (χ4n) is 3.11. The Kier molecular flexibility index (Phi) is 3.04. The minimum Gasteiger partial charge on any atom is -0.320 e. The molecule has 7 heteroatoms. The molecule has 2 fully saturated rings. The number of aromatic amines is 1. The summed E-state index contributed by atoms with van der Waals surface area (Å²) in [5.74, 6) is -0.466. The average Bonchev–Trinajstić information content (AvgIpc) is 3.32. The van der Waals surface area contributed by atoms with Gasteiger partial charge in [-0.1, -0.05) is 0 Å². The van der Waals surface area contributed by atoms with E-state index in [1.54, 1.807) is 4.90 Å². The third-order valence-corrected chi connectivity index (χ3v) is 4.50. The molecule has 1 N–H and O–H groups in total. The van der Waals surface area contributed by atoms with Crippen molar-refractivity contribution in [3.63, 3.8) is 0 Å². The van der Waals surface area contributed by atoms with Crippen LogP contribution in [0, 0.1) is 5.82 Å². The van der Waals surface area contributed by atoms with E-state index < -0.39 is 5.82 Å². The fraction of sp³-hybridized carbons (Fsp3) is 0.467. The first-order valence-corrected chi connectivity index (χ1v) is 7.57. The molecule has 1 aromatic carbocycles. The zero-order valence-electron chi connectivity index (χ0n) is 12.1. The molecule has 0 spiro atoms. The van der Waals surface area contributed by atoms with Gasteiger partial charge < -0.3 is 4.90 Å². The number of rotatable bonds is 1. The van der Waals surface area contributed by atoms with Crippen LogP contribution in [0.5, 0.6) is 0 Å². The molecule has 2 aliphatic rings. The van der Waals surface area contributed by atoms with E-state index in [1.165, 1.54) is 31.0 Å². The Labute approximate surface area is 126 Å². The second-order valence-electron chi connectivity index (χ2n) is 5.97. The van der Waals surface area contributed by atoms with Gasteiger partial charge in [0.15, 0.2) is 0 Å². The zero-order valence-corrected chi connectivity index (χ0v) is 12.1. The molecule has 0 atom stereocenters. The maximum Gasteiger partial charge on any atom is 0.343 e. The summed E-state index contributed by atoms with van der Waals surface area (Å²) in [5, 5.41) is 2.84. The molecule has 2 heterocycles. The summed E-state index contributed by atoms with van der Waals surface area (Å²) in [4.78, 5) is 28.6. The van der Waals surface area contributed by atoms with Crippen molar-refractivity contribution in [2.24, 2.45) is 0 Å². The van der Waals surface area contributed by atoms with Gasteiger partial charge in [0, 0.05) is 38.3 Å². The first-order valence-electron chi connectivity index (χ1n) is 7.57. The highest BCUT2D eigenvalue weighted by molar-refractivity contribution is 5.89. The van der Waals surface area contributed by atoms with Gasteiger partial charge in [0.2, 0.25) is 0 Å². The van der Waals surface area contributed by atoms with Gasteiger partial charge in [-0.05, 0) is 25.0 Å². The van der Waals surface area contributed by atoms with Gasteiger partial charge in [0.05, 0.1) is 10.9 Å². The summed E-state index contributed by atoms with van der Waals surface area (Å²) < 4.78 is 14.6. The summed E-state index contributed by atoms with van der Waals surface area (Å²) in [6, 6.07) is 4.23. The van der Waals surface area contributed by atoms with Crippen LogP contribution in [0.25, 0.3) is 10.9 Å². The van der Waals surface area contributed by atoms with Crippen LogP contribution in [0.15, 0.2) is 23.0 Å². The molecule has 4 rings (SSSR count). The molecule has 6 nitrogen and oxygen atoms in total. The maximum absolute atomic E-state index is 13.4. The highest BCUT2D eigenvalue weighted by atomic mass is 19.1. The van der Waals surface area contributed by atoms with E-state index in [0.29, 0.717) is 30.0 Å². The number of nitrogens with one attached hydrogen (secondary N) is 1. The number of fused-ring (bicyclic) bond motifs is 1. The van der Waals surface area contributed by atoms with Gasteiger partial charge in [-0.25, -0.2) is 13.9 Å². The fourth-order valence-corrected chi connectivity index (χ4v) is 3.11. The number of carbonyl (C=O) groups is 1. The summed E-state index contributed by atoms with van der Waals surface area (Å²) in [6.07, 6.45) is 2.51. The molecule has 1 saturated carbocycles. The first kappa shape index (κ1) is 13.5. The molecule has 0 bridgehead atoms. The third-order valence-electron chi connectivity index (χ3n) is 4.50.